The molecule has 1 fully saturated rings. The Morgan fingerprint density at radius 1 is 1.07 bits per heavy atom. The molecule has 146 valence electrons. The van der Waals surface area contributed by atoms with Gasteiger partial charge in [0.1, 0.15) is 10.7 Å². The molecule has 1 aromatic carbocycles. The Bertz CT molecular complexity index is 1200. The Morgan fingerprint density at radius 2 is 1.89 bits per heavy atom. The lowest BCUT2D eigenvalue weighted by Gasteiger charge is -2.20. The van der Waals surface area contributed by atoms with E-state index in [1.165, 1.54) is 4.31 Å². The van der Waals surface area contributed by atoms with Gasteiger partial charge in [0, 0.05) is 44.2 Å². The number of rotatable bonds is 4. The Kier molecular flexibility index (Phi) is 4.09. The second-order valence-electron chi connectivity index (χ2n) is 7.46. The van der Waals surface area contributed by atoms with Gasteiger partial charge in [-0.25, -0.2) is 17.9 Å². The van der Waals surface area contributed by atoms with Gasteiger partial charge in [-0.3, -0.25) is 9.55 Å². The fraction of sp³-hybridized carbons (Fsp3) is 0.421. The Balaban J connectivity index is 1.45. The number of sulfonamides is 1. The number of pyridine rings is 1. The Morgan fingerprint density at radius 3 is 2.71 bits per heavy atom. The van der Waals surface area contributed by atoms with Gasteiger partial charge in [-0.1, -0.05) is 18.2 Å². The summed E-state index contributed by atoms with van der Waals surface area (Å²) in [5.74, 6) is 1.23. The molecular formula is C19H21N5O3S. The van der Waals surface area contributed by atoms with Crippen molar-refractivity contribution in [2.45, 2.75) is 37.2 Å². The first-order valence-corrected chi connectivity index (χ1v) is 11.0. The zero-order valence-corrected chi connectivity index (χ0v) is 16.2. The molecule has 0 radical (unpaired) electrons. The minimum absolute atomic E-state index is 0.132. The van der Waals surface area contributed by atoms with E-state index in [9.17, 15) is 13.2 Å². The van der Waals surface area contributed by atoms with Crippen molar-refractivity contribution in [1.29, 1.82) is 0 Å². The van der Waals surface area contributed by atoms with Crippen molar-refractivity contribution >= 4 is 20.9 Å². The molecule has 0 atom stereocenters. The molecule has 2 aromatic heterocycles. The predicted molar refractivity (Wildman–Crippen MR) is 103 cm³/mol. The van der Waals surface area contributed by atoms with E-state index in [0.29, 0.717) is 43.3 Å². The first kappa shape index (κ1) is 17.6. The van der Waals surface area contributed by atoms with Gasteiger partial charge in [0.25, 0.3) is 0 Å². The van der Waals surface area contributed by atoms with Crippen LogP contribution in [-0.4, -0.2) is 45.1 Å². The molecule has 2 aliphatic rings. The maximum atomic E-state index is 13.3. The van der Waals surface area contributed by atoms with E-state index in [-0.39, 0.29) is 17.1 Å². The summed E-state index contributed by atoms with van der Waals surface area (Å²) in [5, 5.41) is 5.25. The molecular weight excluding hydrogens is 378 g/mol. The van der Waals surface area contributed by atoms with Crippen molar-refractivity contribution in [3.05, 3.63) is 52.8 Å². The zero-order valence-electron chi connectivity index (χ0n) is 15.4. The van der Waals surface area contributed by atoms with E-state index >= 15 is 0 Å². The molecule has 0 amide bonds. The highest BCUT2D eigenvalue weighted by Crippen LogP contribution is 2.30. The van der Waals surface area contributed by atoms with Gasteiger partial charge < -0.3 is 0 Å². The van der Waals surface area contributed by atoms with Crippen molar-refractivity contribution in [1.82, 2.24) is 23.6 Å². The van der Waals surface area contributed by atoms with Crippen LogP contribution in [0, 0.1) is 5.92 Å². The molecule has 5 rings (SSSR count). The summed E-state index contributed by atoms with van der Waals surface area (Å²) in [6.45, 7) is 1.53. The summed E-state index contributed by atoms with van der Waals surface area (Å²) >= 11 is 0. The Hall–Kier alpha value is -2.52. The normalized spacial score (nSPS) is 18.1. The standard InChI is InChI=1S/C19H21N5O3S/c25-19-23-12-11-22(10-8-17(23)21-24(19)13-14-6-7-14)28(26,27)16-5-1-3-15-4-2-9-20-18(15)16/h1-5,9,14H,6-8,10-13H2. The van der Waals surface area contributed by atoms with Crippen LogP contribution in [0.5, 0.6) is 0 Å². The number of nitrogens with zero attached hydrogens (tertiary/aromatic N) is 5. The van der Waals surface area contributed by atoms with Crippen molar-refractivity contribution in [2.24, 2.45) is 5.92 Å². The smallest absolute Gasteiger partial charge is 0.278 e. The molecule has 28 heavy (non-hydrogen) atoms. The van der Waals surface area contributed by atoms with Crippen molar-refractivity contribution in [3.63, 3.8) is 0 Å². The lowest BCUT2D eigenvalue weighted by molar-refractivity contribution is 0.409. The SMILES string of the molecule is O=c1n(CC2CC2)nc2n1CCN(S(=O)(=O)c1cccc3cccnc13)CC2. The second kappa shape index (κ2) is 6.52. The van der Waals surface area contributed by atoms with Gasteiger partial charge >= 0.3 is 5.69 Å². The lowest BCUT2D eigenvalue weighted by atomic mass is 10.2. The van der Waals surface area contributed by atoms with Gasteiger partial charge in [-0.05, 0) is 30.9 Å². The average molecular weight is 399 g/mol. The molecule has 0 saturated heterocycles. The van der Waals surface area contributed by atoms with E-state index in [4.69, 9.17) is 0 Å². The molecule has 0 N–H and O–H groups in total. The van der Waals surface area contributed by atoms with Gasteiger partial charge in [0.15, 0.2) is 0 Å². The first-order valence-electron chi connectivity index (χ1n) is 9.54. The largest absolute Gasteiger partial charge is 0.345 e. The number of aromatic nitrogens is 4. The van der Waals surface area contributed by atoms with Gasteiger partial charge in [-0.2, -0.15) is 9.40 Å². The molecule has 0 unspecified atom stereocenters. The van der Waals surface area contributed by atoms with E-state index < -0.39 is 10.0 Å². The topological polar surface area (TPSA) is 90.1 Å². The minimum atomic E-state index is -3.72. The van der Waals surface area contributed by atoms with Crippen molar-refractivity contribution in [2.75, 3.05) is 13.1 Å². The highest BCUT2D eigenvalue weighted by Gasteiger charge is 2.31. The van der Waals surface area contributed by atoms with Crippen LogP contribution in [0.4, 0.5) is 0 Å². The van der Waals surface area contributed by atoms with Gasteiger partial charge in [0.05, 0.1) is 5.52 Å². The van der Waals surface area contributed by atoms with E-state index in [2.05, 4.69) is 10.1 Å². The van der Waals surface area contributed by atoms with Gasteiger partial charge in [0.2, 0.25) is 10.0 Å². The molecule has 3 heterocycles. The summed E-state index contributed by atoms with van der Waals surface area (Å²) in [5.41, 5.74) is 0.340. The number of para-hydroxylation sites is 1. The maximum absolute atomic E-state index is 13.3. The second-order valence-corrected chi connectivity index (χ2v) is 9.37. The fourth-order valence-electron chi connectivity index (χ4n) is 3.77. The molecule has 1 saturated carbocycles. The van der Waals surface area contributed by atoms with Crippen LogP contribution in [0.3, 0.4) is 0 Å². The minimum Gasteiger partial charge on any atom is -0.278 e. The number of benzene rings is 1. The van der Waals surface area contributed by atoms with Crippen LogP contribution in [0.15, 0.2) is 46.2 Å². The summed E-state index contributed by atoms with van der Waals surface area (Å²) < 4.78 is 31.2. The molecule has 9 heteroatoms. The number of hydrogen-bond donors (Lipinski definition) is 0. The monoisotopic (exact) mass is 399 g/mol. The van der Waals surface area contributed by atoms with Crippen LogP contribution >= 0.6 is 0 Å². The molecule has 0 bridgehead atoms. The van der Waals surface area contributed by atoms with E-state index in [0.717, 1.165) is 18.2 Å². The van der Waals surface area contributed by atoms with Crippen LogP contribution in [0.25, 0.3) is 10.9 Å². The average Bonchev–Trinajstić information content (AvgIpc) is 3.49. The molecule has 8 nitrogen and oxygen atoms in total. The summed E-state index contributed by atoms with van der Waals surface area (Å²) in [6, 6.07) is 8.81. The summed E-state index contributed by atoms with van der Waals surface area (Å²) in [6.07, 6.45) is 4.32. The van der Waals surface area contributed by atoms with Gasteiger partial charge in [-0.15, -0.1) is 0 Å². The third-order valence-electron chi connectivity index (χ3n) is 5.50. The highest BCUT2D eigenvalue weighted by molar-refractivity contribution is 7.89. The van der Waals surface area contributed by atoms with E-state index in [1.54, 1.807) is 33.6 Å². The van der Waals surface area contributed by atoms with Crippen molar-refractivity contribution < 1.29 is 8.42 Å². The molecule has 0 spiro atoms. The summed E-state index contributed by atoms with van der Waals surface area (Å²) in [4.78, 5) is 17.1. The predicted octanol–water partition coefficient (Wildman–Crippen LogP) is 1.25. The third kappa shape index (κ3) is 2.94. The zero-order chi connectivity index (χ0) is 19.3. The summed E-state index contributed by atoms with van der Waals surface area (Å²) in [7, 11) is -3.72. The molecule has 1 aliphatic carbocycles. The molecule has 3 aromatic rings. The maximum Gasteiger partial charge on any atom is 0.345 e. The van der Waals surface area contributed by atoms with E-state index in [1.807, 2.05) is 12.1 Å². The Labute approximate surface area is 162 Å². The molecule has 1 aliphatic heterocycles. The number of hydrogen-bond acceptors (Lipinski definition) is 5. The van der Waals surface area contributed by atoms with Crippen LogP contribution < -0.4 is 5.69 Å². The first-order chi connectivity index (χ1) is 13.5. The fourth-order valence-corrected chi connectivity index (χ4v) is 5.37. The highest BCUT2D eigenvalue weighted by atomic mass is 32.2. The third-order valence-corrected chi connectivity index (χ3v) is 7.43. The lowest BCUT2D eigenvalue weighted by Crippen LogP contribution is -2.35. The quantitative estimate of drug-likeness (QED) is 0.659. The van der Waals surface area contributed by atoms with Crippen LogP contribution in [-0.2, 0) is 29.5 Å². The number of fused-ring (bicyclic) bond motifs is 2. The van der Waals surface area contributed by atoms with Crippen LogP contribution in [0.1, 0.15) is 18.7 Å². The van der Waals surface area contributed by atoms with Crippen LogP contribution in [0.2, 0.25) is 0 Å². The van der Waals surface area contributed by atoms with Crippen molar-refractivity contribution in [3.8, 4) is 0 Å².